The molecule has 1 atom stereocenters. The Morgan fingerprint density at radius 2 is 1.39 bits per heavy atom. The predicted octanol–water partition coefficient (Wildman–Crippen LogP) is 9.56. The highest BCUT2D eigenvalue weighted by Gasteiger charge is 2.32. The van der Waals surface area contributed by atoms with Gasteiger partial charge in [0.25, 0.3) is 0 Å². The minimum absolute atomic E-state index is 0.0333. The highest BCUT2D eigenvalue weighted by Crippen LogP contribution is 2.34. The van der Waals surface area contributed by atoms with E-state index in [-0.39, 0.29) is 11.9 Å². The van der Waals surface area contributed by atoms with Gasteiger partial charge in [-0.3, -0.25) is 4.79 Å². The Kier molecular flexibility index (Phi) is 12.8. The van der Waals surface area contributed by atoms with Crippen molar-refractivity contribution in [2.45, 2.75) is 128 Å². The van der Waals surface area contributed by atoms with Crippen LogP contribution in [0.25, 0.3) is 0 Å². The fraction of sp³-hybridized carbons (Fsp3) is 0.606. The van der Waals surface area contributed by atoms with Crippen LogP contribution >= 0.6 is 0 Å². The summed E-state index contributed by atoms with van der Waals surface area (Å²) in [6.07, 6.45) is 16.9. The highest BCUT2D eigenvalue weighted by molar-refractivity contribution is 6.80. The van der Waals surface area contributed by atoms with Gasteiger partial charge in [0.15, 0.2) is 0 Å². The number of hydrogen-bond donors (Lipinski definition) is 1. The van der Waals surface area contributed by atoms with E-state index in [0.29, 0.717) is 6.42 Å². The van der Waals surface area contributed by atoms with Gasteiger partial charge in [-0.2, -0.15) is 0 Å². The first-order valence-electron chi connectivity index (χ1n) is 15.0. The normalized spacial score (nSPS) is 17.9. The minimum atomic E-state index is -1.41. The van der Waals surface area contributed by atoms with Gasteiger partial charge < -0.3 is 5.32 Å². The summed E-state index contributed by atoms with van der Waals surface area (Å²) in [5, 5.41) is 3.46. The molecule has 3 heteroatoms. The van der Waals surface area contributed by atoms with Crippen molar-refractivity contribution in [2.75, 3.05) is 0 Å². The lowest BCUT2D eigenvalue weighted by atomic mass is 9.98. The molecule has 0 radical (unpaired) electrons. The predicted molar refractivity (Wildman–Crippen MR) is 158 cm³/mol. The summed E-state index contributed by atoms with van der Waals surface area (Å²) in [4.78, 5) is 13.4. The van der Waals surface area contributed by atoms with Crippen LogP contribution in [0, 0.1) is 6.92 Å². The van der Waals surface area contributed by atoms with Crippen molar-refractivity contribution in [1.29, 1.82) is 0 Å². The number of carbonyl (C=O) groups excluding carboxylic acids is 1. The van der Waals surface area contributed by atoms with Crippen LogP contribution in [0.4, 0.5) is 0 Å². The van der Waals surface area contributed by atoms with Crippen molar-refractivity contribution in [3.8, 4) is 0 Å². The molecule has 0 saturated carbocycles. The standard InChI is InChI=1S/C33H51NOSi/c1-3-4-24-36(25-15-10-8-6-5-7-9-11-16-26-36)27-23-33(35)34-32(31-17-13-12-14-18-31)28-30-21-19-29(2)20-22-30/h12-14,17-22,32H,3-11,15-16,23-28H2,1-2H3,(H,34,35). The molecule has 1 heterocycles. The van der Waals surface area contributed by atoms with E-state index in [0.717, 1.165) is 6.42 Å². The highest BCUT2D eigenvalue weighted by atomic mass is 28.3. The van der Waals surface area contributed by atoms with Gasteiger partial charge in [-0.1, -0.05) is 156 Å². The molecule has 0 bridgehead atoms. The fourth-order valence-electron chi connectivity index (χ4n) is 6.08. The van der Waals surface area contributed by atoms with Crippen LogP contribution in [-0.4, -0.2) is 14.0 Å². The molecule has 2 aromatic carbocycles. The average molecular weight is 506 g/mol. The zero-order valence-electron chi connectivity index (χ0n) is 23.2. The molecule has 0 aromatic heterocycles. The van der Waals surface area contributed by atoms with Gasteiger partial charge >= 0.3 is 0 Å². The number of carbonyl (C=O) groups is 1. The van der Waals surface area contributed by atoms with Gasteiger partial charge in [-0.05, 0) is 30.5 Å². The second-order valence-corrected chi connectivity index (χ2v) is 16.5. The Bertz CT molecular complexity index is 851. The van der Waals surface area contributed by atoms with E-state index in [4.69, 9.17) is 0 Å². The molecule has 2 aromatic rings. The molecule has 0 aliphatic carbocycles. The summed E-state index contributed by atoms with van der Waals surface area (Å²) in [5.41, 5.74) is 3.76. The van der Waals surface area contributed by atoms with Crippen molar-refractivity contribution in [3.63, 3.8) is 0 Å². The summed E-state index contributed by atoms with van der Waals surface area (Å²) in [6.45, 7) is 4.46. The summed E-state index contributed by atoms with van der Waals surface area (Å²) in [6, 6.07) is 24.8. The topological polar surface area (TPSA) is 29.1 Å². The Balaban J connectivity index is 1.66. The molecule has 198 valence electrons. The SMILES string of the molecule is CCCC[Si]1(CCC(=O)NC(Cc2ccc(C)cc2)c2ccccc2)CCCCCCCCCCC1. The van der Waals surface area contributed by atoms with Crippen molar-refractivity contribution < 1.29 is 4.79 Å². The van der Waals surface area contributed by atoms with Gasteiger partial charge in [0.2, 0.25) is 5.91 Å². The lowest BCUT2D eigenvalue weighted by Crippen LogP contribution is -2.37. The van der Waals surface area contributed by atoms with Gasteiger partial charge in [0.1, 0.15) is 0 Å². The largest absolute Gasteiger partial charge is 0.349 e. The molecule has 36 heavy (non-hydrogen) atoms. The third-order valence-electron chi connectivity index (χ3n) is 8.45. The zero-order valence-corrected chi connectivity index (χ0v) is 24.2. The van der Waals surface area contributed by atoms with E-state index in [2.05, 4.69) is 73.8 Å². The summed E-state index contributed by atoms with van der Waals surface area (Å²) < 4.78 is 0. The third-order valence-corrected chi connectivity index (χ3v) is 14.0. The molecule has 1 fully saturated rings. The number of hydrogen-bond acceptors (Lipinski definition) is 1. The summed E-state index contributed by atoms with van der Waals surface area (Å²) in [7, 11) is -1.41. The van der Waals surface area contributed by atoms with Crippen LogP contribution in [0.2, 0.25) is 24.2 Å². The molecule has 1 aliphatic rings. The second-order valence-electron chi connectivity index (χ2n) is 11.5. The van der Waals surface area contributed by atoms with Crippen molar-refractivity contribution in [3.05, 3.63) is 71.3 Å². The maximum Gasteiger partial charge on any atom is 0.220 e. The van der Waals surface area contributed by atoms with E-state index < -0.39 is 8.07 Å². The Labute approximate surface area is 222 Å². The van der Waals surface area contributed by atoms with Crippen LogP contribution in [0.15, 0.2) is 54.6 Å². The molecule has 1 aliphatic heterocycles. The van der Waals surface area contributed by atoms with E-state index >= 15 is 0 Å². The van der Waals surface area contributed by atoms with Gasteiger partial charge in [0, 0.05) is 6.42 Å². The van der Waals surface area contributed by atoms with Crippen LogP contribution < -0.4 is 5.32 Å². The van der Waals surface area contributed by atoms with Crippen molar-refractivity contribution in [2.24, 2.45) is 0 Å². The first-order chi connectivity index (χ1) is 17.6. The number of benzene rings is 2. The van der Waals surface area contributed by atoms with Gasteiger partial charge in [0.05, 0.1) is 14.1 Å². The number of aryl methyl sites for hydroxylation is 1. The van der Waals surface area contributed by atoms with Gasteiger partial charge in [-0.15, -0.1) is 0 Å². The van der Waals surface area contributed by atoms with Crippen molar-refractivity contribution in [1.82, 2.24) is 5.32 Å². The van der Waals surface area contributed by atoms with Gasteiger partial charge in [-0.25, -0.2) is 0 Å². The van der Waals surface area contributed by atoms with Crippen molar-refractivity contribution >= 4 is 14.0 Å². The smallest absolute Gasteiger partial charge is 0.220 e. The monoisotopic (exact) mass is 505 g/mol. The summed E-state index contributed by atoms with van der Waals surface area (Å²) >= 11 is 0. The Morgan fingerprint density at radius 3 is 1.97 bits per heavy atom. The average Bonchev–Trinajstić information content (AvgIpc) is 2.89. The Morgan fingerprint density at radius 1 is 0.806 bits per heavy atom. The molecule has 0 spiro atoms. The molecule has 1 saturated heterocycles. The number of nitrogens with one attached hydrogen (secondary N) is 1. The lowest BCUT2D eigenvalue weighted by Gasteiger charge is -2.33. The van der Waals surface area contributed by atoms with E-state index in [9.17, 15) is 4.79 Å². The minimum Gasteiger partial charge on any atom is -0.349 e. The lowest BCUT2D eigenvalue weighted by molar-refractivity contribution is -0.121. The molecule has 2 nitrogen and oxygen atoms in total. The van der Waals surface area contributed by atoms with Crippen LogP contribution in [0.1, 0.15) is 107 Å². The number of rotatable bonds is 10. The van der Waals surface area contributed by atoms with E-state index in [1.807, 2.05) is 0 Å². The molecule has 1 amide bonds. The third kappa shape index (κ3) is 10.2. The zero-order chi connectivity index (χ0) is 25.5. The number of unbranched alkanes of at least 4 members (excludes halogenated alkanes) is 1. The number of amides is 1. The van der Waals surface area contributed by atoms with E-state index in [1.165, 1.54) is 111 Å². The quantitative estimate of drug-likeness (QED) is 0.320. The molecule has 1 unspecified atom stereocenters. The Hall–Kier alpha value is -1.87. The molecule has 3 rings (SSSR count). The second kappa shape index (κ2) is 16.1. The van der Waals surface area contributed by atoms with Crippen LogP contribution in [0.5, 0.6) is 0 Å². The molecular formula is C33H51NOSi. The first-order valence-corrected chi connectivity index (χ1v) is 17.8. The van der Waals surface area contributed by atoms with Crippen LogP contribution in [0.3, 0.4) is 0 Å². The maximum absolute atomic E-state index is 13.4. The summed E-state index contributed by atoms with van der Waals surface area (Å²) in [5.74, 6) is 0.255. The molecule has 1 N–H and O–H groups in total. The molecular weight excluding hydrogens is 454 g/mol. The fourth-order valence-corrected chi connectivity index (χ4v) is 11.4. The van der Waals surface area contributed by atoms with Crippen LogP contribution in [-0.2, 0) is 11.2 Å². The van der Waals surface area contributed by atoms with E-state index in [1.54, 1.807) is 0 Å². The first kappa shape index (κ1) is 28.7. The maximum atomic E-state index is 13.4.